The lowest BCUT2D eigenvalue weighted by molar-refractivity contribution is -0.124. The fourth-order valence-corrected chi connectivity index (χ4v) is 5.58. The molecule has 1 aromatic carbocycles. The molecule has 5 atom stereocenters. The number of hydrogen-bond acceptors (Lipinski definition) is 4. The van der Waals surface area contributed by atoms with Crippen LogP contribution >= 0.6 is 0 Å². The van der Waals surface area contributed by atoms with Crippen molar-refractivity contribution in [3.05, 3.63) is 23.8 Å². The van der Waals surface area contributed by atoms with Crippen LogP contribution in [0.4, 0.5) is 5.69 Å². The van der Waals surface area contributed by atoms with Crippen LogP contribution in [-0.2, 0) is 9.59 Å². The molecule has 5 heteroatoms. The Bertz CT molecular complexity index is 777. The molecule has 26 heavy (non-hydrogen) atoms. The van der Waals surface area contributed by atoms with E-state index >= 15 is 0 Å². The fraction of sp³-hybridized carbons (Fsp3) is 0.619. The van der Waals surface area contributed by atoms with Gasteiger partial charge in [-0.05, 0) is 50.3 Å². The smallest absolute Gasteiger partial charge is 0.239 e. The van der Waals surface area contributed by atoms with Gasteiger partial charge in [-0.15, -0.1) is 0 Å². The quantitative estimate of drug-likeness (QED) is 0.781. The van der Waals surface area contributed by atoms with E-state index in [1.165, 1.54) is 4.90 Å². The van der Waals surface area contributed by atoms with Gasteiger partial charge in [0.25, 0.3) is 0 Å². The van der Waals surface area contributed by atoms with E-state index in [1.807, 2.05) is 19.1 Å². The second-order valence-corrected chi connectivity index (χ2v) is 8.50. The molecule has 3 aliphatic rings. The summed E-state index contributed by atoms with van der Waals surface area (Å²) >= 11 is 0. The first-order valence-electron chi connectivity index (χ1n) is 9.62. The number of imide groups is 1. The number of nitrogens with zero attached hydrogens (tertiary/aromatic N) is 2. The van der Waals surface area contributed by atoms with Crippen LogP contribution in [0.3, 0.4) is 0 Å². The van der Waals surface area contributed by atoms with Crippen molar-refractivity contribution < 1.29 is 14.3 Å². The van der Waals surface area contributed by atoms with Crippen LogP contribution in [0.5, 0.6) is 5.75 Å². The number of amides is 2. The second kappa shape index (κ2) is 5.81. The summed E-state index contributed by atoms with van der Waals surface area (Å²) in [4.78, 5) is 30.7. The Hall–Kier alpha value is -1.88. The van der Waals surface area contributed by atoms with Crippen molar-refractivity contribution in [3.63, 3.8) is 0 Å². The highest BCUT2D eigenvalue weighted by Crippen LogP contribution is 2.55. The minimum Gasteiger partial charge on any atom is -0.497 e. The summed E-state index contributed by atoms with van der Waals surface area (Å²) in [5.41, 5.74) is 1.38. The molecule has 5 unspecified atom stereocenters. The van der Waals surface area contributed by atoms with Crippen LogP contribution in [0.15, 0.2) is 18.2 Å². The summed E-state index contributed by atoms with van der Waals surface area (Å²) in [6, 6.07) is 5.79. The first-order valence-corrected chi connectivity index (χ1v) is 9.62. The van der Waals surface area contributed by atoms with E-state index in [4.69, 9.17) is 4.74 Å². The number of carbonyl (C=O) groups is 2. The average molecular weight is 356 g/mol. The van der Waals surface area contributed by atoms with Crippen LogP contribution in [0.25, 0.3) is 0 Å². The maximum absolute atomic E-state index is 13.4. The Balaban J connectivity index is 1.78. The van der Waals surface area contributed by atoms with Crippen molar-refractivity contribution in [3.8, 4) is 5.75 Å². The van der Waals surface area contributed by atoms with Crippen molar-refractivity contribution in [1.82, 2.24) is 4.90 Å². The van der Waals surface area contributed by atoms with Gasteiger partial charge in [0.1, 0.15) is 5.75 Å². The van der Waals surface area contributed by atoms with E-state index in [9.17, 15) is 9.59 Å². The first kappa shape index (κ1) is 17.5. The zero-order valence-corrected chi connectivity index (χ0v) is 16.3. The Morgan fingerprint density at radius 2 is 1.96 bits per heavy atom. The molecule has 5 nitrogen and oxygen atoms in total. The summed E-state index contributed by atoms with van der Waals surface area (Å²) in [6.45, 7) is 9.50. The topological polar surface area (TPSA) is 49.9 Å². The molecular formula is C21H28N2O3. The number of carbonyl (C=O) groups excluding carboxylic acids is 2. The second-order valence-electron chi connectivity index (χ2n) is 8.50. The Kier molecular flexibility index (Phi) is 3.92. The van der Waals surface area contributed by atoms with Gasteiger partial charge in [-0.25, -0.2) is 4.90 Å². The normalized spacial score (nSPS) is 36.6. The van der Waals surface area contributed by atoms with E-state index in [0.717, 1.165) is 24.9 Å². The minimum atomic E-state index is -0.246. The fourth-order valence-electron chi connectivity index (χ4n) is 5.58. The highest BCUT2D eigenvalue weighted by molar-refractivity contribution is 6.23. The van der Waals surface area contributed by atoms with Gasteiger partial charge in [0.2, 0.25) is 11.8 Å². The summed E-state index contributed by atoms with van der Waals surface area (Å²) in [5, 5.41) is 0. The molecule has 0 radical (unpaired) electrons. The van der Waals surface area contributed by atoms with Crippen molar-refractivity contribution in [1.29, 1.82) is 0 Å². The highest BCUT2D eigenvalue weighted by atomic mass is 16.5. The number of benzene rings is 1. The predicted octanol–water partition coefficient (Wildman–Crippen LogP) is 3.00. The summed E-state index contributed by atoms with van der Waals surface area (Å²) < 4.78 is 5.35. The lowest BCUT2D eigenvalue weighted by atomic mass is 9.78. The van der Waals surface area contributed by atoms with Crippen molar-refractivity contribution >= 4 is 17.5 Å². The molecule has 0 aromatic heterocycles. The average Bonchev–Trinajstić information content (AvgIpc) is 3.18. The number of anilines is 1. The van der Waals surface area contributed by atoms with Gasteiger partial charge in [-0.1, -0.05) is 13.8 Å². The predicted molar refractivity (Wildman–Crippen MR) is 100 cm³/mol. The van der Waals surface area contributed by atoms with E-state index in [2.05, 4.69) is 25.7 Å². The lowest BCUT2D eigenvalue weighted by Crippen LogP contribution is -2.50. The van der Waals surface area contributed by atoms with Crippen LogP contribution in [0.1, 0.15) is 39.2 Å². The van der Waals surface area contributed by atoms with Crippen LogP contribution in [-0.4, -0.2) is 41.9 Å². The van der Waals surface area contributed by atoms with E-state index in [0.29, 0.717) is 17.4 Å². The molecule has 0 aliphatic carbocycles. The van der Waals surface area contributed by atoms with Crippen molar-refractivity contribution in [2.75, 3.05) is 18.6 Å². The molecule has 0 N–H and O–H groups in total. The zero-order chi connectivity index (χ0) is 18.8. The number of methoxy groups -OCH3 is 1. The molecular weight excluding hydrogens is 328 g/mol. The van der Waals surface area contributed by atoms with E-state index in [1.54, 1.807) is 13.2 Å². The molecule has 3 heterocycles. The summed E-state index contributed by atoms with van der Waals surface area (Å²) in [5.74, 6) is 0.704. The number of ether oxygens (including phenoxy) is 1. The van der Waals surface area contributed by atoms with Crippen LogP contribution in [0.2, 0.25) is 0 Å². The molecule has 2 amide bonds. The van der Waals surface area contributed by atoms with Gasteiger partial charge in [-0.3, -0.25) is 14.5 Å². The molecule has 3 fully saturated rings. The number of fused-ring (bicyclic) bond motifs is 3. The maximum atomic E-state index is 13.4. The summed E-state index contributed by atoms with van der Waals surface area (Å²) in [7, 11) is 1.60. The van der Waals surface area contributed by atoms with Gasteiger partial charge in [0.15, 0.2) is 0 Å². The van der Waals surface area contributed by atoms with Crippen LogP contribution < -0.4 is 9.64 Å². The lowest BCUT2D eigenvalue weighted by Gasteiger charge is -2.38. The van der Waals surface area contributed by atoms with Crippen molar-refractivity contribution in [2.24, 2.45) is 17.8 Å². The molecule has 3 aliphatic heterocycles. The molecule has 0 spiro atoms. The van der Waals surface area contributed by atoms with Crippen molar-refractivity contribution in [2.45, 2.75) is 52.1 Å². The zero-order valence-electron chi connectivity index (χ0n) is 16.3. The van der Waals surface area contributed by atoms with Crippen LogP contribution in [0, 0.1) is 24.7 Å². The standard InChI is InChI=1S/C21H28N2O3/c1-6-21(4)18-17(16-9-13(3)11-22(16)21)19(24)23(20(18)25)14-7-12(2)8-15(10-14)26-5/h7-8,10,13,16-18H,6,9,11H2,1-5H3. The van der Waals surface area contributed by atoms with Gasteiger partial charge in [0.05, 0.1) is 24.6 Å². The van der Waals surface area contributed by atoms with Gasteiger partial charge < -0.3 is 4.74 Å². The Morgan fingerprint density at radius 1 is 1.23 bits per heavy atom. The Morgan fingerprint density at radius 3 is 2.62 bits per heavy atom. The molecule has 140 valence electrons. The molecule has 0 bridgehead atoms. The molecule has 1 aromatic rings. The van der Waals surface area contributed by atoms with Gasteiger partial charge in [0, 0.05) is 24.2 Å². The Labute approximate surface area is 155 Å². The largest absolute Gasteiger partial charge is 0.497 e. The SMILES string of the molecule is CCC1(C)C2C(=O)N(c3cc(C)cc(OC)c3)C(=O)C2C2CC(C)CN21. The summed E-state index contributed by atoms with van der Waals surface area (Å²) in [6.07, 6.45) is 1.88. The van der Waals surface area contributed by atoms with E-state index < -0.39 is 0 Å². The molecule has 4 rings (SSSR count). The third kappa shape index (κ3) is 2.19. The first-order chi connectivity index (χ1) is 12.3. The molecule has 3 saturated heterocycles. The number of hydrogen-bond donors (Lipinski definition) is 0. The van der Waals surface area contributed by atoms with Gasteiger partial charge in [-0.2, -0.15) is 0 Å². The van der Waals surface area contributed by atoms with Gasteiger partial charge >= 0.3 is 0 Å². The third-order valence-electron chi connectivity index (χ3n) is 6.89. The number of rotatable bonds is 3. The highest BCUT2D eigenvalue weighted by Gasteiger charge is 2.67. The monoisotopic (exact) mass is 356 g/mol. The molecule has 0 saturated carbocycles. The maximum Gasteiger partial charge on any atom is 0.239 e. The number of aryl methyl sites for hydroxylation is 1. The van der Waals surface area contributed by atoms with E-state index in [-0.39, 0.29) is 35.2 Å². The third-order valence-corrected chi connectivity index (χ3v) is 6.89. The minimum absolute atomic E-state index is 0.0334.